The third-order valence-corrected chi connectivity index (χ3v) is 7.42. The summed E-state index contributed by atoms with van der Waals surface area (Å²) in [5.41, 5.74) is 6.20. The van der Waals surface area contributed by atoms with Crippen molar-refractivity contribution in [2.75, 3.05) is 6.61 Å². The van der Waals surface area contributed by atoms with E-state index in [-0.39, 0.29) is 5.97 Å². The topological polar surface area (TPSA) is 71.2 Å². The van der Waals surface area contributed by atoms with Gasteiger partial charge < -0.3 is 18.6 Å². The standard InChI is InChI=1S/C36H42N4O3/c1-6-7-13-32-38-33-26(2)14-19-31(42-23-10-21-39-22-20-37-25-39)34(33)40(32)24-27-15-17-28(18-16-27)29-11-8-9-12-30(29)35(41)43-36(3,4)5/h8-9,11-12,14-20,22,25H,6-7,10,13,21,23-24H2,1-5H3. The summed E-state index contributed by atoms with van der Waals surface area (Å²) >= 11 is 0. The van der Waals surface area contributed by atoms with E-state index < -0.39 is 5.60 Å². The number of benzene rings is 3. The third-order valence-electron chi connectivity index (χ3n) is 7.42. The minimum atomic E-state index is -0.557. The second kappa shape index (κ2) is 13.3. The molecule has 0 amide bonds. The number of carbonyl (C=O) groups excluding carboxylic acids is 1. The van der Waals surface area contributed by atoms with Gasteiger partial charge in [0, 0.05) is 31.9 Å². The molecule has 2 heterocycles. The number of esters is 1. The van der Waals surface area contributed by atoms with E-state index in [0.29, 0.717) is 18.7 Å². The number of fused-ring (bicyclic) bond motifs is 1. The number of rotatable bonds is 12. The predicted molar refractivity (Wildman–Crippen MR) is 172 cm³/mol. The van der Waals surface area contributed by atoms with E-state index in [1.54, 1.807) is 6.20 Å². The molecule has 7 heteroatoms. The van der Waals surface area contributed by atoms with E-state index >= 15 is 0 Å². The second-order valence-corrected chi connectivity index (χ2v) is 12.0. The predicted octanol–water partition coefficient (Wildman–Crippen LogP) is 8.02. The molecule has 0 aliphatic heterocycles. The van der Waals surface area contributed by atoms with Crippen LogP contribution in [-0.4, -0.2) is 37.3 Å². The van der Waals surface area contributed by atoms with Crippen LogP contribution in [0.5, 0.6) is 5.75 Å². The Morgan fingerprint density at radius 1 is 0.977 bits per heavy atom. The lowest BCUT2D eigenvalue weighted by Crippen LogP contribution is -2.24. The summed E-state index contributed by atoms with van der Waals surface area (Å²) in [4.78, 5) is 22.2. The third kappa shape index (κ3) is 7.34. The summed E-state index contributed by atoms with van der Waals surface area (Å²) in [7, 11) is 0. The lowest BCUT2D eigenvalue weighted by Gasteiger charge is -2.20. The molecule has 7 nitrogen and oxygen atoms in total. The Labute approximate surface area is 254 Å². The molecule has 0 fully saturated rings. The fourth-order valence-corrected chi connectivity index (χ4v) is 5.26. The van der Waals surface area contributed by atoms with Crippen molar-refractivity contribution in [3.05, 3.63) is 102 Å². The lowest BCUT2D eigenvalue weighted by atomic mass is 9.98. The molecule has 3 aromatic carbocycles. The number of unbranched alkanes of at least 4 members (excludes halogenated alkanes) is 1. The maximum atomic E-state index is 12.9. The van der Waals surface area contributed by atoms with Gasteiger partial charge in [0.1, 0.15) is 22.7 Å². The van der Waals surface area contributed by atoms with Crippen molar-refractivity contribution >= 4 is 17.0 Å². The van der Waals surface area contributed by atoms with Gasteiger partial charge in [-0.2, -0.15) is 0 Å². The first-order valence-corrected chi connectivity index (χ1v) is 15.2. The van der Waals surface area contributed by atoms with Crippen LogP contribution in [0.25, 0.3) is 22.2 Å². The maximum absolute atomic E-state index is 12.9. The molecular weight excluding hydrogens is 536 g/mol. The number of carbonyl (C=O) groups is 1. The molecule has 43 heavy (non-hydrogen) atoms. The molecule has 0 spiro atoms. The summed E-state index contributed by atoms with van der Waals surface area (Å²) in [6, 6.07) is 20.2. The van der Waals surface area contributed by atoms with E-state index in [1.165, 1.54) is 0 Å². The van der Waals surface area contributed by atoms with Crippen molar-refractivity contribution in [2.24, 2.45) is 0 Å². The highest BCUT2D eigenvalue weighted by Gasteiger charge is 2.21. The van der Waals surface area contributed by atoms with E-state index in [0.717, 1.165) is 77.1 Å². The Morgan fingerprint density at radius 2 is 1.77 bits per heavy atom. The number of aryl methyl sites for hydroxylation is 3. The molecule has 0 saturated heterocycles. The first-order chi connectivity index (χ1) is 20.7. The van der Waals surface area contributed by atoms with Crippen molar-refractivity contribution in [2.45, 2.75) is 79.0 Å². The molecule has 0 unspecified atom stereocenters. The molecule has 0 aliphatic carbocycles. The Balaban J connectivity index is 1.42. The van der Waals surface area contributed by atoms with E-state index in [2.05, 4.69) is 64.4 Å². The van der Waals surface area contributed by atoms with Gasteiger partial charge in [-0.1, -0.05) is 61.9 Å². The van der Waals surface area contributed by atoms with Gasteiger partial charge in [-0.25, -0.2) is 14.8 Å². The largest absolute Gasteiger partial charge is 0.491 e. The van der Waals surface area contributed by atoms with Gasteiger partial charge in [0.05, 0.1) is 24.0 Å². The summed E-state index contributed by atoms with van der Waals surface area (Å²) in [5, 5.41) is 0. The van der Waals surface area contributed by atoms with Gasteiger partial charge in [0.15, 0.2) is 0 Å². The average Bonchev–Trinajstić information content (AvgIpc) is 3.64. The van der Waals surface area contributed by atoms with Crippen LogP contribution in [-0.2, 0) is 24.2 Å². The minimum absolute atomic E-state index is 0.314. The molecule has 2 aromatic heterocycles. The lowest BCUT2D eigenvalue weighted by molar-refractivity contribution is 0.00704. The number of aromatic nitrogens is 4. The SMILES string of the molecule is CCCCc1nc2c(C)ccc(OCCCn3ccnc3)c2n1Cc1ccc(-c2ccccc2C(=O)OC(C)(C)C)cc1. The van der Waals surface area contributed by atoms with Crippen LogP contribution < -0.4 is 4.74 Å². The van der Waals surface area contributed by atoms with Gasteiger partial charge >= 0.3 is 5.97 Å². The number of ether oxygens (including phenoxy) is 2. The first-order valence-electron chi connectivity index (χ1n) is 15.2. The van der Waals surface area contributed by atoms with Gasteiger partial charge in [0.25, 0.3) is 0 Å². The van der Waals surface area contributed by atoms with Crippen molar-refractivity contribution < 1.29 is 14.3 Å². The fourth-order valence-electron chi connectivity index (χ4n) is 5.26. The molecule has 5 rings (SSSR count). The highest BCUT2D eigenvalue weighted by atomic mass is 16.6. The van der Waals surface area contributed by atoms with Crippen LogP contribution >= 0.6 is 0 Å². The van der Waals surface area contributed by atoms with E-state index in [4.69, 9.17) is 14.5 Å². The van der Waals surface area contributed by atoms with Gasteiger partial charge in [0.2, 0.25) is 0 Å². The van der Waals surface area contributed by atoms with E-state index in [1.807, 2.05) is 57.6 Å². The van der Waals surface area contributed by atoms with Crippen LogP contribution in [0.3, 0.4) is 0 Å². The second-order valence-electron chi connectivity index (χ2n) is 12.0. The number of hydrogen-bond acceptors (Lipinski definition) is 5. The zero-order chi connectivity index (χ0) is 30.4. The molecule has 0 bridgehead atoms. The van der Waals surface area contributed by atoms with Crippen LogP contribution in [0.1, 0.15) is 74.3 Å². The zero-order valence-electron chi connectivity index (χ0n) is 26.0. The van der Waals surface area contributed by atoms with Crippen LogP contribution in [0.15, 0.2) is 79.4 Å². The highest BCUT2D eigenvalue weighted by Crippen LogP contribution is 2.32. The van der Waals surface area contributed by atoms with Crippen LogP contribution in [0.2, 0.25) is 0 Å². The molecule has 224 valence electrons. The Bertz CT molecular complexity index is 1660. The van der Waals surface area contributed by atoms with Gasteiger partial charge in [-0.15, -0.1) is 0 Å². The Hall–Kier alpha value is -4.39. The van der Waals surface area contributed by atoms with Crippen molar-refractivity contribution in [1.82, 2.24) is 19.1 Å². The van der Waals surface area contributed by atoms with Crippen LogP contribution in [0.4, 0.5) is 0 Å². The Kier molecular flexibility index (Phi) is 9.29. The van der Waals surface area contributed by atoms with Gasteiger partial charge in [-0.05, 0) is 74.9 Å². The number of imidazole rings is 2. The molecule has 0 aliphatic rings. The molecule has 0 atom stereocenters. The fraction of sp³-hybridized carbons (Fsp3) is 0.361. The minimum Gasteiger partial charge on any atom is -0.491 e. The molecule has 5 aromatic rings. The highest BCUT2D eigenvalue weighted by molar-refractivity contribution is 5.97. The van der Waals surface area contributed by atoms with Crippen molar-refractivity contribution in [3.63, 3.8) is 0 Å². The Morgan fingerprint density at radius 3 is 2.49 bits per heavy atom. The molecule has 0 radical (unpaired) electrons. The quantitative estimate of drug-likeness (QED) is 0.111. The number of hydrogen-bond donors (Lipinski definition) is 0. The molecule has 0 saturated carbocycles. The molecular formula is C36H42N4O3. The number of nitrogens with zero attached hydrogens (tertiary/aromatic N) is 4. The summed E-state index contributed by atoms with van der Waals surface area (Å²) in [5.74, 6) is 1.63. The van der Waals surface area contributed by atoms with E-state index in [9.17, 15) is 4.79 Å². The summed E-state index contributed by atoms with van der Waals surface area (Å²) in [6.45, 7) is 12.1. The van der Waals surface area contributed by atoms with Crippen molar-refractivity contribution in [1.29, 1.82) is 0 Å². The van der Waals surface area contributed by atoms with Crippen LogP contribution in [0, 0.1) is 6.92 Å². The first kappa shape index (κ1) is 30.1. The molecule has 0 N–H and O–H groups in total. The monoisotopic (exact) mass is 578 g/mol. The smallest absolute Gasteiger partial charge is 0.339 e. The van der Waals surface area contributed by atoms with Crippen molar-refractivity contribution in [3.8, 4) is 16.9 Å². The summed E-state index contributed by atoms with van der Waals surface area (Å²) in [6.07, 6.45) is 9.57. The zero-order valence-corrected chi connectivity index (χ0v) is 26.0. The maximum Gasteiger partial charge on any atom is 0.339 e. The normalized spacial score (nSPS) is 11.7. The summed E-state index contributed by atoms with van der Waals surface area (Å²) < 4.78 is 16.4. The van der Waals surface area contributed by atoms with Gasteiger partial charge in [-0.3, -0.25) is 0 Å². The average molecular weight is 579 g/mol.